The Hall–Kier alpha value is -0.500. The van der Waals surface area contributed by atoms with Crippen molar-refractivity contribution in [2.45, 2.75) is 12.1 Å². The van der Waals surface area contributed by atoms with E-state index in [0.29, 0.717) is 0 Å². The first-order valence-corrected chi connectivity index (χ1v) is 3.43. The van der Waals surface area contributed by atoms with E-state index < -0.39 is 17.1 Å². The fraction of sp³-hybridized carbons (Fsp3) is 0.800. The molecule has 0 rings (SSSR count). The van der Waals surface area contributed by atoms with Crippen LogP contribution in [-0.2, 0) is 0 Å². The van der Waals surface area contributed by atoms with Gasteiger partial charge in [0.05, 0.1) is 0 Å². The molecule has 0 aliphatic carbocycles. The van der Waals surface area contributed by atoms with Crippen LogP contribution in [0.1, 0.15) is 0 Å². The van der Waals surface area contributed by atoms with Crippen molar-refractivity contribution >= 4 is 17.2 Å². The number of rotatable bonds is 2. The summed E-state index contributed by atoms with van der Waals surface area (Å²) in [6.07, 6.45) is -5.66. The van der Waals surface area contributed by atoms with E-state index >= 15 is 0 Å². The van der Waals surface area contributed by atoms with Gasteiger partial charge in [-0.3, -0.25) is 0 Å². The van der Waals surface area contributed by atoms with Crippen molar-refractivity contribution < 1.29 is 22.0 Å². The first-order chi connectivity index (χ1) is 5.59. The monoisotopic (exact) mass is 222 g/mol. The van der Waals surface area contributed by atoms with Crippen LogP contribution < -0.4 is 5.43 Å². The Labute approximate surface area is 76.7 Å². The normalized spacial score (nSPS) is 13.2. The Morgan fingerprint density at radius 2 is 1.54 bits per heavy atom. The van der Waals surface area contributed by atoms with Gasteiger partial charge in [-0.05, 0) is 0 Å². The zero-order valence-electron chi connectivity index (χ0n) is 6.75. The molecule has 0 aliphatic heterocycles. The van der Waals surface area contributed by atoms with Crippen molar-refractivity contribution in [2.75, 3.05) is 14.1 Å². The zero-order valence-corrected chi connectivity index (χ0v) is 7.56. The van der Waals surface area contributed by atoms with E-state index in [1.807, 2.05) is 0 Å². The fourth-order valence-electron chi connectivity index (χ4n) is 0.402. The molecular weight excluding hydrogens is 215 g/mol. The maximum absolute atomic E-state index is 12.3. The summed E-state index contributed by atoms with van der Waals surface area (Å²) in [5.41, 5.74) is 1.68. The molecule has 0 aromatic heterocycles. The molecule has 0 aromatic rings. The molecule has 0 fully saturated rings. The Morgan fingerprint density at radius 3 is 1.77 bits per heavy atom. The number of nitrogens with one attached hydrogen (secondary N) is 1. The van der Waals surface area contributed by atoms with Crippen molar-refractivity contribution in [3.05, 3.63) is 0 Å². The van der Waals surface area contributed by atoms with Gasteiger partial charge in [0.25, 0.3) is 0 Å². The summed E-state index contributed by atoms with van der Waals surface area (Å²) >= 11 is 3.89. The van der Waals surface area contributed by atoms with Crippen molar-refractivity contribution in [2.24, 2.45) is 0 Å². The highest BCUT2D eigenvalue weighted by Crippen LogP contribution is 2.35. The molecule has 0 aliphatic rings. The number of hydrazine groups is 1. The minimum atomic E-state index is -5.66. The highest BCUT2D eigenvalue weighted by atomic mass is 32.1. The fourth-order valence-corrected chi connectivity index (χ4v) is 0.700. The van der Waals surface area contributed by atoms with Crippen LogP contribution >= 0.6 is 12.2 Å². The van der Waals surface area contributed by atoms with Crippen LogP contribution in [0.4, 0.5) is 22.0 Å². The van der Waals surface area contributed by atoms with E-state index in [0.717, 1.165) is 5.01 Å². The standard InChI is InChI=1S/C5H7F5N2S/c1-12(2)11-3(13)4(6,7)5(8,9)10/h1-2H3,(H,11,13). The Kier molecular flexibility index (Phi) is 3.56. The van der Waals surface area contributed by atoms with E-state index in [1.165, 1.54) is 14.1 Å². The summed E-state index contributed by atoms with van der Waals surface area (Å²) in [6.45, 7) is 0. The molecule has 0 aromatic carbocycles. The third-order valence-corrected chi connectivity index (χ3v) is 1.31. The summed E-state index contributed by atoms with van der Waals surface area (Å²) in [7, 11) is 2.50. The lowest BCUT2D eigenvalue weighted by atomic mass is 10.3. The van der Waals surface area contributed by atoms with Crippen molar-refractivity contribution in [1.29, 1.82) is 0 Å². The van der Waals surface area contributed by atoms with Gasteiger partial charge in [0, 0.05) is 14.1 Å². The van der Waals surface area contributed by atoms with Crippen LogP contribution in [0.5, 0.6) is 0 Å². The van der Waals surface area contributed by atoms with Crippen molar-refractivity contribution in [3.8, 4) is 0 Å². The van der Waals surface area contributed by atoms with Crippen LogP contribution in [0.15, 0.2) is 0 Å². The lowest BCUT2D eigenvalue weighted by molar-refractivity contribution is -0.249. The average Bonchev–Trinajstić information content (AvgIpc) is 1.82. The Morgan fingerprint density at radius 1 is 1.15 bits per heavy atom. The molecule has 0 atom stereocenters. The highest BCUT2D eigenvalue weighted by Gasteiger charge is 2.61. The number of thiocarbonyl (C=S) groups is 1. The molecule has 0 spiro atoms. The molecule has 0 bridgehead atoms. The van der Waals surface area contributed by atoms with Crippen LogP contribution in [0.3, 0.4) is 0 Å². The molecule has 0 saturated carbocycles. The molecule has 2 nitrogen and oxygen atoms in total. The molecule has 0 saturated heterocycles. The number of hydrogen-bond donors (Lipinski definition) is 1. The molecule has 0 amide bonds. The van der Waals surface area contributed by atoms with Gasteiger partial charge in [-0.1, -0.05) is 12.2 Å². The van der Waals surface area contributed by atoms with E-state index in [4.69, 9.17) is 0 Å². The Bertz CT molecular complexity index is 200. The molecule has 78 valence electrons. The number of alkyl halides is 5. The van der Waals surface area contributed by atoms with E-state index in [2.05, 4.69) is 12.2 Å². The first-order valence-electron chi connectivity index (χ1n) is 3.02. The van der Waals surface area contributed by atoms with Gasteiger partial charge in [-0.2, -0.15) is 22.0 Å². The quantitative estimate of drug-likeness (QED) is 0.434. The number of hydrogen-bond acceptors (Lipinski definition) is 2. The van der Waals surface area contributed by atoms with Gasteiger partial charge in [0.15, 0.2) is 4.99 Å². The van der Waals surface area contributed by atoms with Crippen LogP contribution in [-0.4, -0.2) is 36.2 Å². The molecule has 8 heteroatoms. The summed E-state index contributed by atoms with van der Waals surface area (Å²) in [6, 6.07) is 0. The predicted molar refractivity (Wildman–Crippen MR) is 40.4 cm³/mol. The predicted octanol–water partition coefficient (Wildman–Crippen LogP) is 1.58. The SMILES string of the molecule is CN(C)NC(=S)C(F)(F)C(F)(F)F. The van der Waals surface area contributed by atoms with Gasteiger partial charge in [0.1, 0.15) is 0 Å². The zero-order chi connectivity index (χ0) is 10.9. The average molecular weight is 222 g/mol. The number of nitrogens with zero attached hydrogens (tertiary/aromatic N) is 1. The smallest absolute Gasteiger partial charge is 0.308 e. The van der Waals surface area contributed by atoms with E-state index in [-0.39, 0.29) is 0 Å². The highest BCUT2D eigenvalue weighted by molar-refractivity contribution is 7.80. The molecular formula is C5H7F5N2S. The topological polar surface area (TPSA) is 15.3 Å². The van der Waals surface area contributed by atoms with Gasteiger partial charge in [0.2, 0.25) is 0 Å². The lowest BCUT2D eigenvalue weighted by Crippen LogP contribution is -2.52. The van der Waals surface area contributed by atoms with Crippen molar-refractivity contribution in [3.63, 3.8) is 0 Å². The molecule has 0 unspecified atom stereocenters. The van der Waals surface area contributed by atoms with Gasteiger partial charge >= 0.3 is 12.1 Å². The molecule has 13 heavy (non-hydrogen) atoms. The van der Waals surface area contributed by atoms with Gasteiger partial charge < -0.3 is 5.43 Å². The maximum atomic E-state index is 12.3. The lowest BCUT2D eigenvalue weighted by Gasteiger charge is -2.23. The van der Waals surface area contributed by atoms with Crippen LogP contribution in [0, 0.1) is 0 Å². The number of halogens is 5. The van der Waals surface area contributed by atoms with Crippen molar-refractivity contribution in [1.82, 2.24) is 10.4 Å². The maximum Gasteiger partial charge on any atom is 0.460 e. The van der Waals surface area contributed by atoms with Gasteiger partial charge in [-0.25, -0.2) is 5.01 Å². The second kappa shape index (κ2) is 3.70. The molecule has 0 heterocycles. The molecule has 1 N–H and O–H groups in total. The third kappa shape index (κ3) is 3.03. The molecule has 0 radical (unpaired) electrons. The largest absolute Gasteiger partial charge is 0.460 e. The second-order valence-corrected chi connectivity index (χ2v) is 2.82. The van der Waals surface area contributed by atoms with Gasteiger partial charge in [-0.15, -0.1) is 0 Å². The minimum absolute atomic E-state index is 0.905. The summed E-state index contributed by atoms with van der Waals surface area (Å²) in [5, 5.41) is 0.905. The minimum Gasteiger partial charge on any atom is -0.308 e. The van der Waals surface area contributed by atoms with Crippen LogP contribution in [0.25, 0.3) is 0 Å². The van der Waals surface area contributed by atoms with E-state index in [9.17, 15) is 22.0 Å². The van der Waals surface area contributed by atoms with Crippen LogP contribution in [0.2, 0.25) is 0 Å². The second-order valence-electron chi connectivity index (χ2n) is 2.41. The summed E-state index contributed by atoms with van der Waals surface area (Å²) in [5.74, 6) is -4.99. The Balaban J connectivity index is 4.56. The first kappa shape index (κ1) is 12.5. The van der Waals surface area contributed by atoms with E-state index in [1.54, 1.807) is 5.43 Å². The third-order valence-electron chi connectivity index (χ3n) is 0.966. The summed E-state index contributed by atoms with van der Waals surface area (Å²) < 4.78 is 59.6. The summed E-state index contributed by atoms with van der Waals surface area (Å²) in [4.78, 5) is -1.56.